The molecule has 1 aliphatic rings. The first-order chi connectivity index (χ1) is 7.29. The monoisotopic (exact) mass is 209 g/mol. The van der Waals surface area contributed by atoms with E-state index in [1.807, 2.05) is 6.92 Å². The minimum atomic E-state index is -0.125. The minimum Gasteiger partial charge on any atom is -0.461 e. The largest absolute Gasteiger partial charge is 0.461 e. The van der Waals surface area contributed by atoms with Gasteiger partial charge in [-0.05, 0) is 19.1 Å². The summed E-state index contributed by atoms with van der Waals surface area (Å²) in [5.41, 5.74) is 0. The smallest absolute Gasteiger partial charge is 0.214 e. The molecule has 0 radical (unpaired) electrons. The van der Waals surface area contributed by atoms with Gasteiger partial charge in [0.05, 0.1) is 25.5 Å². The normalized spacial score (nSPS) is 20.1. The second-order valence-corrected chi connectivity index (χ2v) is 3.67. The van der Waals surface area contributed by atoms with Crippen molar-refractivity contribution in [3.8, 4) is 0 Å². The number of carbonyl (C=O) groups excluding carboxylic acids is 1. The zero-order valence-electron chi connectivity index (χ0n) is 8.81. The Labute approximate surface area is 88.8 Å². The molecule has 0 spiro atoms. The van der Waals surface area contributed by atoms with Gasteiger partial charge < -0.3 is 9.15 Å². The molecule has 4 heteroatoms. The van der Waals surface area contributed by atoms with Crippen LogP contribution in [0.4, 0.5) is 0 Å². The Morgan fingerprint density at radius 1 is 1.47 bits per heavy atom. The van der Waals surface area contributed by atoms with Gasteiger partial charge >= 0.3 is 0 Å². The zero-order chi connectivity index (χ0) is 10.7. The standard InChI is InChI=1S/C11H15NO3/c1-9(12-4-7-14-8-5-12)11(13)10-3-2-6-15-10/h2-3,6,9H,4-5,7-8H2,1H3. The van der Waals surface area contributed by atoms with Gasteiger partial charge in [-0.25, -0.2) is 0 Å². The number of nitrogens with zero attached hydrogens (tertiary/aromatic N) is 1. The molecule has 1 aromatic rings. The van der Waals surface area contributed by atoms with E-state index in [1.165, 1.54) is 6.26 Å². The number of morpholine rings is 1. The number of ether oxygens (including phenoxy) is 1. The van der Waals surface area contributed by atoms with Gasteiger partial charge in [0.2, 0.25) is 5.78 Å². The van der Waals surface area contributed by atoms with E-state index in [4.69, 9.17) is 9.15 Å². The molecule has 2 heterocycles. The first kappa shape index (κ1) is 10.4. The lowest BCUT2D eigenvalue weighted by atomic mass is 10.1. The van der Waals surface area contributed by atoms with Gasteiger partial charge in [-0.15, -0.1) is 0 Å². The Hall–Kier alpha value is -1.13. The maximum atomic E-state index is 11.9. The van der Waals surface area contributed by atoms with Crippen LogP contribution in [0.3, 0.4) is 0 Å². The topological polar surface area (TPSA) is 42.7 Å². The zero-order valence-corrected chi connectivity index (χ0v) is 8.81. The average Bonchev–Trinajstić information content (AvgIpc) is 2.82. The van der Waals surface area contributed by atoms with Crippen LogP contribution in [-0.2, 0) is 4.74 Å². The lowest BCUT2D eigenvalue weighted by Crippen LogP contribution is -2.45. The highest BCUT2D eigenvalue weighted by Crippen LogP contribution is 2.11. The molecule has 0 saturated carbocycles. The molecule has 4 nitrogen and oxygen atoms in total. The summed E-state index contributed by atoms with van der Waals surface area (Å²) >= 11 is 0. The molecular weight excluding hydrogens is 194 g/mol. The summed E-state index contributed by atoms with van der Waals surface area (Å²) in [5, 5.41) is 0. The Balaban J connectivity index is 2.00. The molecule has 1 fully saturated rings. The fraction of sp³-hybridized carbons (Fsp3) is 0.545. The molecule has 1 saturated heterocycles. The van der Waals surface area contributed by atoms with Gasteiger partial charge in [0.25, 0.3) is 0 Å². The molecule has 0 amide bonds. The molecule has 1 aliphatic heterocycles. The van der Waals surface area contributed by atoms with E-state index < -0.39 is 0 Å². The fourth-order valence-corrected chi connectivity index (χ4v) is 1.76. The highest BCUT2D eigenvalue weighted by Gasteiger charge is 2.25. The van der Waals surface area contributed by atoms with Crippen molar-refractivity contribution in [3.63, 3.8) is 0 Å². The van der Waals surface area contributed by atoms with Crippen molar-refractivity contribution in [1.82, 2.24) is 4.90 Å². The van der Waals surface area contributed by atoms with E-state index in [-0.39, 0.29) is 11.8 Å². The lowest BCUT2D eigenvalue weighted by molar-refractivity contribution is 0.0201. The summed E-state index contributed by atoms with van der Waals surface area (Å²) < 4.78 is 10.3. The highest BCUT2D eigenvalue weighted by atomic mass is 16.5. The van der Waals surface area contributed by atoms with Crippen molar-refractivity contribution in [3.05, 3.63) is 24.2 Å². The van der Waals surface area contributed by atoms with Gasteiger partial charge in [-0.3, -0.25) is 9.69 Å². The molecule has 82 valence electrons. The number of hydrogen-bond acceptors (Lipinski definition) is 4. The van der Waals surface area contributed by atoms with E-state index in [0.29, 0.717) is 19.0 Å². The first-order valence-corrected chi connectivity index (χ1v) is 5.18. The Morgan fingerprint density at radius 2 is 2.20 bits per heavy atom. The van der Waals surface area contributed by atoms with E-state index in [9.17, 15) is 4.79 Å². The summed E-state index contributed by atoms with van der Waals surface area (Å²) in [4.78, 5) is 14.0. The average molecular weight is 209 g/mol. The van der Waals surface area contributed by atoms with Crippen molar-refractivity contribution in [2.45, 2.75) is 13.0 Å². The Kier molecular flexibility index (Phi) is 3.18. The van der Waals surface area contributed by atoms with Gasteiger partial charge in [0, 0.05) is 13.1 Å². The quantitative estimate of drug-likeness (QED) is 0.701. The van der Waals surface area contributed by atoms with Crippen LogP contribution in [0.25, 0.3) is 0 Å². The van der Waals surface area contributed by atoms with Crippen LogP contribution in [-0.4, -0.2) is 43.0 Å². The number of Topliss-reactive ketones (excluding diaryl/α,β-unsaturated/α-hetero) is 1. The van der Waals surface area contributed by atoms with Gasteiger partial charge in [-0.2, -0.15) is 0 Å². The molecule has 0 aromatic carbocycles. The van der Waals surface area contributed by atoms with Crippen LogP contribution in [0.5, 0.6) is 0 Å². The van der Waals surface area contributed by atoms with Crippen molar-refractivity contribution in [1.29, 1.82) is 0 Å². The van der Waals surface area contributed by atoms with Crippen LogP contribution in [0.15, 0.2) is 22.8 Å². The van der Waals surface area contributed by atoms with Crippen molar-refractivity contribution in [2.24, 2.45) is 0 Å². The number of ketones is 1. The second-order valence-electron chi connectivity index (χ2n) is 3.67. The number of rotatable bonds is 3. The minimum absolute atomic E-state index is 0.0434. The van der Waals surface area contributed by atoms with E-state index in [2.05, 4.69) is 4.90 Å². The predicted octanol–water partition coefficient (Wildman–Crippen LogP) is 1.18. The number of furan rings is 1. The third kappa shape index (κ3) is 2.27. The van der Waals surface area contributed by atoms with E-state index in [0.717, 1.165) is 13.1 Å². The molecule has 1 aromatic heterocycles. The van der Waals surface area contributed by atoms with Crippen LogP contribution in [0, 0.1) is 0 Å². The van der Waals surface area contributed by atoms with Crippen molar-refractivity contribution >= 4 is 5.78 Å². The maximum absolute atomic E-state index is 11.9. The molecular formula is C11H15NO3. The molecule has 2 rings (SSSR count). The van der Waals surface area contributed by atoms with Crippen molar-refractivity contribution < 1.29 is 13.9 Å². The van der Waals surface area contributed by atoms with Crippen LogP contribution >= 0.6 is 0 Å². The predicted molar refractivity (Wildman–Crippen MR) is 54.9 cm³/mol. The van der Waals surface area contributed by atoms with Crippen LogP contribution in [0.2, 0.25) is 0 Å². The van der Waals surface area contributed by atoms with Gasteiger partial charge in [0.1, 0.15) is 0 Å². The second kappa shape index (κ2) is 4.59. The molecule has 0 bridgehead atoms. The third-order valence-electron chi connectivity index (χ3n) is 2.74. The van der Waals surface area contributed by atoms with Crippen LogP contribution in [0.1, 0.15) is 17.5 Å². The highest BCUT2D eigenvalue weighted by molar-refractivity contribution is 5.97. The molecule has 0 N–H and O–H groups in total. The summed E-state index contributed by atoms with van der Waals surface area (Å²) in [6.07, 6.45) is 1.53. The van der Waals surface area contributed by atoms with Gasteiger partial charge in [0.15, 0.2) is 5.76 Å². The number of hydrogen-bond donors (Lipinski definition) is 0. The fourth-order valence-electron chi connectivity index (χ4n) is 1.76. The van der Waals surface area contributed by atoms with Crippen molar-refractivity contribution in [2.75, 3.05) is 26.3 Å². The SMILES string of the molecule is CC(C(=O)c1ccco1)N1CCOCC1. The third-order valence-corrected chi connectivity index (χ3v) is 2.74. The lowest BCUT2D eigenvalue weighted by Gasteiger charge is -2.30. The summed E-state index contributed by atoms with van der Waals surface area (Å²) in [7, 11) is 0. The molecule has 15 heavy (non-hydrogen) atoms. The van der Waals surface area contributed by atoms with E-state index >= 15 is 0 Å². The summed E-state index contributed by atoms with van der Waals surface area (Å²) in [6.45, 7) is 4.95. The van der Waals surface area contributed by atoms with Gasteiger partial charge in [-0.1, -0.05) is 0 Å². The Morgan fingerprint density at radius 3 is 2.80 bits per heavy atom. The molecule has 0 aliphatic carbocycles. The molecule has 1 unspecified atom stereocenters. The number of carbonyl (C=O) groups is 1. The summed E-state index contributed by atoms with van der Waals surface area (Å²) in [5.74, 6) is 0.482. The Bertz CT molecular complexity index is 315. The summed E-state index contributed by atoms with van der Waals surface area (Å²) in [6, 6.07) is 3.32. The first-order valence-electron chi connectivity index (χ1n) is 5.18. The maximum Gasteiger partial charge on any atom is 0.214 e. The molecule has 1 atom stereocenters. The van der Waals surface area contributed by atoms with E-state index in [1.54, 1.807) is 12.1 Å². The van der Waals surface area contributed by atoms with Crippen LogP contribution < -0.4 is 0 Å².